The van der Waals surface area contributed by atoms with Gasteiger partial charge in [-0.2, -0.15) is 5.53 Å². The van der Waals surface area contributed by atoms with Crippen LogP contribution in [0.3, 0.4) is 0 Å². The minimum absolute atomic E-state index is 0.126. The van der Waals surface area contributed by atoms with Gasteiger partial charge in [0.05, 0.1) is 0 Å². The Morgan fingerprint density at radius 2 is 1.73 bits per heavy atom. The first kappa shape index (κ1) is 15.5. The van der Waals surface area contributed by atoms with Crippen molar-refractivity contribution in [3.63, 3.8) is 0 Å². The van der Waals surface area contributed by atoms with Gasteiger partial charge in [0.25, 0.3) is 5.91 Å². The van der Waals surface area contributed by atoms with Crippen LogP contribution in [-0.2, 0) is 0 Å². The summed E-state index contributed by atoms with van der Waals surface area (Å²) in [6.45, 7) is 0. The van der Waals surface area contributed by atoms with Crippen molar-refractivity contribution >= 4 is 11.9 Å². The lowest BCUT2D eigenvalue weighted by Gasteiger charge is -2.10. The summed E-state index contributed by atoms with van der Waals surface area (Å²) in [7, 11) is 0. The lowest BCUT2D eigenvalue weighted by molar-refractivity contribution is 0.0963. The molecule has 3 amide bonds. The summed E-state index contributed by atoms with van der Waals surface area (Å²) in [4.78, 5) is 23.3. The molecule has 0 aliphatic rings. The predicted molar refractivity (Wildman–Crippen MR) is 75.1 cm³/mol. The Morgan fingerprint density at radius 1 is 1.00 bits per heavy atom. The molecular weight excluding hydrogens is 294 g/mol. The fourth-order valence-corrected chi connectivity index (χ4v) is 1.86. The molecule has 0 aliphatic heterocycles. The van der Waals surface area contributed by atoms with Crippen molar-refractivity contribution in [1.29, 1.82) is 0 Å². The van der Waals surface area contributed by atoms with Crippen LogP contribution in [0.2, 0.25) is 0 Å². The lowest BCUT2D eigenvalue weighted by atomic mass is 9.99. The first-order valence-corrected chi connectivity index (χ1v) is 6.14. The number of hydrogen-bond acceptors (Lipinski definition) is 4. The summed E-state index contributed by atoms with van der Waals surface area (Å²) in [5.41, 5.74) is 4.64. The van der Waals surface area contributed by atoms with Gasteiger partial charge >= 0.3 is 6.03 Å². The van der Waals surface area contributed by atoms with E-state index in [1.54, 1.807) is 18.2 Å². The highest BCUT2D eigenvalue weighted by atomic mass is 19.2. The molecule has 0 unspecified atom stereocenters. The molecule has 2 rings (SSSR count). The number of amides is 3. The fraction of sp³-hybridized carbons (Fsp3) is 0. The highest BCUT2D eigenvalue weighted by molar-refractivity contribution is 6.07. The zero-order chi connectivity index (χ0) is 16.1. The maximum atomic E-state index is 13.3. The summed E-state index contributed by atoms with van der Waals surface area (Å²) in [6.07, 6.45) is 0. The number of urea groups is 1. The molecule has 22 heavy (non-hydrogen) atoms. The second-order valence-corrected chi connectivity index (χ2v) is 4.23. The van der Waals surface area contributed by atoms with Crippen LogP contribution in [0.4, 0.5) is 13.6 Å². The van der Waals surface area contributed by atoms with E-state index in [0.29, 0.717) is 11.1 Å². The molecule has 2 aromatic carbocycles. The molecule has 8 heteroatoms. The van der Waals surface area contributed by atoms with Gasteiger partial charge < -0.3 is 0 Å². The van der Waals surface area contributed by atoms with E-state index < -0.39 is 23.6 Å². The molecule has 0 bridgehead atoms. The summed E-state index contributed by atoms with van der Waals surface area (Å²) in [5.74, 6) is 2.15. The number of nitrogens with one attached hydrogen (secondary N) is 3. The Kier molecular flexibility index (Phi) is 4.77. The average molecular weight is 306 g/mol. The standard InChI is InChI=1S/C14H12F2N4O2/c15-11-6-5-8(7-12(11)16)9-3-1-2-4-10(9)13(21)18-14(22)19-20-17/h1-7,20H,17H2,(H2,18,19,21,22). The Hall–Kier alpha value is -2.84. The maximum absolute atomic E-state index is 13.3. The quantitative estimate of drug-likeness (QED) is 0.510. The summed E-state index contributed by atoms with van der Waals surface area (Å²) < 4.78 is 26.4. The molecule has 0 spiro atoms. The van der Waals surface area contributed by atoms with Crippen LogP contribution in [0.5, 0.6) is 0 Å². The van der Waals surface area contributed by atoms with E-state index in [1.807, 2.05) is 16.3 Å². The number of hydrogen-bond donors (Lipinski definition) is 4. The van der Waals surface area contributed by atoms with Gasteiger partial charge in [0, 0.05) is 5.56 Å². The minimum Gasteiger partial charge on any atom is -0.273 e. The number of halogens is 2. The number of carbonyl (C=O) groups is 2. The molecule has 0 aliphatic carbocycles. The largest absolute Gasteiger partial charge is 0.337 e. The molecular formula is C14H12F2N4O2. The summed E-state index contributed by atoms with van der Waals surface area (Å²) in [6, 6.07) is 8.65. The zero-order valence-corrected chi connectivity index (χ0v) is 11.2. The molecule has 2 aromatic rings. The van der Waals surface area contributed by atoms with Gasteiger partial charge in [-0.1, -0.05) is 24.3 Å². The van der Waals surface area contributed by atoms with Gasteiger partial charge in [0.1, 0.15) is 0 Å². The molecule has 0 radical (unpaired) electrons. The van der Waals surface area contributed by atoms with Gasteiger partial charge in [-0.3, -0.25) is 21.4 Å². The van der Waals surface area contributed by atoms with Gasteiger partial charge in [0.2, 0.25) is 0 Å². The third-order valence-electron chi connectivity index (χ3n) is 2.82. The van der Waals surface area contributed by atoms with Crippen LogP contribution in [-0.4, -0.2) is 11.9 Å². The van der Waals surface area contributed by atoms with E-state index in [0.717, 1.165) is 12.1 Å². The molecule has 0 atom stereocenters. The second-order valence-electron chi connectivity index (χ2n) is 4.23. The van der Waals surface area contributed by atoms with Crippen LogP contribution in [0, 0.1) is 11.6 Å². The second kappa shape index (κ2) is 6.74. The van der Waals surface area contributed by atoms with E-state index in [1.165, 1.54) is 12.1 Å². The van der Waals surface area contributed by atoms with E-state index in [9.17, 15) is 18.4 Å². The van der Waals surface area contributed by atoms with Gasteiger partial charge in [-0.05, 0) is 29.3 Å². The first-order chi connectivity index (χ1) is 10.5. The molecule has 5 N–H and O–H groups in total. The summed E-state index contributed by atoms with van der Waals surface area (Å²) in [5, 5.41) is 2.03. The lowest BCUT2D eigenvalue weighted by Crippen LogP contribution is -2.49. The highest BCUT2D eigenvalue weighted by Gasteiger charge is 2.15. The van der Waals surface area contributed by atoms with Crippen molar-refractivity contribution in [2.75, 3.05) is 0 Å². The highest BCUT2D eigenvalue weighted by Crippen LogP contribution is 2.25. The average Bonchev–Trinajstić information content (AvgIpc) is 2.50. The number of rotatable bonds is 3. The molecule has 6 nitrogen and oxygen atoms in total. The molecule has 0 saturated carbocycles. The van der Waals surface area contributed by atoms with E-state index in [4.69, 9.17) is 5.84 Å². The monoisotopic (exact) mass is 306 g/mol. The van der Waals surface area contributed by atoms with Crippen LogP contribution in [0.1, 0.15) is 10.4 Å². The maximum Gasteiger partial charge on any atom is 0.337 e. The Balaban J connectivity index is 2.36. The van der Waals surface area contributed by atoms with Gasteiger partial charge in [-0.25, -0.2) is 13.6 Å². The zero-order valence-electron chi connectivity index (χ0n) is 11.2. The van der Waals surface area contributed by atoms with Crippen LogP contribution in [0.15, 0.2) is 42.5 Å². The van der Waals surface area contributed by atoms with E-state index in [-0.39, 0.29) is 5.56 Å². The topological polar surface area (TPSA) is 96.2 Å². The predicted octanol–water partition coefficient (Wildman–Crippen LogP) is 1.45. The Morgan fingerprint density at radius 3 is 2.41 bits per heavy atom. The van der Waals surface area contributed by atoms with Gasteiger partial charge in [-0.15, -0.1) is 0 Å². The summed E-state index contributed by atoms with van der Waals surface area (Å²) >= 11 is 0. The molecule has 114 valence electrons. The third-order valence-corrected chi connectivity index (χ3v) is 2.82. The van der Waals surface area contributed by atoms with Crippen molar-refractivity contribution < 1.29 is 18.4 Å². The molecule has 0 saturated heterocycles. The van der Waals surface area contributed by atoms with Crippen molar-refractivity contribution in [3.05, 3.63) is 59.7 Å². The fourth-order valence-electron chi connectivity index (χ4n) is 1.86. The van der Waals surface area contributed by atoms with Crippen LogP contribution in [0.25, 0.3) is 11.1 Å². The van der Waals surface area contributed by atoms with Crippen molar-refractivity contribution in [2.24, 2.45) is 5.84 Å². The molecule has 0 fully saturated rings. The van der Waals surface area contributed by atoms with Crippen molar-refractivity contribution in [1.82, 2.24) is 16.3 Å². The number of imide groups is 1. The number of benzene rings is 2. The van der Waals surface area contributed by atoms with Crippen LogP contribution >= 0.6 is 0 Å². The normalized spacial score (nSPS) is 10.1. The molecule has 0 aromatic heterocycles. The number of carbonyl (C=O) groups excluding carboxylic acids is 2. The molecule has 0 heterocycles. The van der Waals surface area contributed by atoms with Gasteiger partial charge in [0.15, 0.2) is 11.6 Å². The number of hydrazine groups is 2. The first-order valence-electron chi connectivity index (χ1n) is 6.14. The smallest absolute Gasteiger partial charge is 0.273 e. The van der Waals surface area contributed by atoms with Crippen LogP contribution < -0.4 is 22.1 Å². The number of nitrogens with two attached hydrogens (primary N) is 1. The van der Waals surface area contributed by atoms with E-state index in [2.05, 4.69) is 0 Å². The third kappa shape index (κ3) is 3.43. The minimum atomic E-state index is -1.03. The van der Waals surface area contributed by atoms with Crippen molar-refractivity contribution in [2.45, 2.75) is 0 Å². The van der Waals surface area contributed by atoms with Crippen molar-refractivity contribution in [3.8, 4) is 11.1 Å². The Labute approximate surface area is 124 Å². The van der Waals surface area contributed by atoms with E-state index >= 15 is 0 Å². The SMILES string of the molecule is NNNC(=O)NC(=O)c1ccccc1-c1ccc(F)c(F)c1. The Bertz CT molecular complexity index is 722.